The van der Waals surface area contributed by atoms with Gasteiger partial charge < -0.3 is 0 Å². The van der Waals surface area contributed by atoms with Crippen molar-refractivity contribution in [1.82, 2.24) is 0 Å². The molecule has 0 unspecified atom stereocenters. The van der Waals surface area contributed by atoms with Crippen molar-refractivity contribution in [2.75, 3.05) is 0 Å². The summed E-state index contributed by atoms with van der Waals surface area (Å²) in [5, 5.41) is 0. The van der Waals surface area contributed by atoms with Gasteiger partial charge in [0.1, 0.15) is 0 Å². The molecule has 0 heterocycles. The van der Waals surface area contributed by atoms with E-state index in [1.165, 1.54) is 0 Å². The molecule has 3 heteroatoms. The van der Waals surface area contributed by atoms with E-state index in [0.29, 0.717) is 0 Å². The molecule has 76 valence electrons. The van der Waals surface area contributed by atoms with Crippen LogP contribution >= 0.6 is 24.8 Å². The molecular weight excluding hydrogens is 382 g/mol. The Hall–Kier alpha value is 0.280. The fourth-order valence-electron chi connectivity index (χ4n) is 0.680. The van der Waals surface area contributed by atoms with Gasteiger partial charge in [-0.1, -0.05) is 0 Å². The van der Waals surface area contributed by atoms with Gasteiger partial charge in [-0.05, 0) is 0 Å². The standard InChI is InChI=1S/2C5H5.CH2.2ClH.Hf/c2*1-2-4-5-3-1;;;;/h2*1-3H,4H2;1H2;2*1H;/q2*-1;;;;+2. The number of hydrogen-bond acceptors (Lipinski definition) is 0. The first kappa shape index (κ1) is 19.8. The van der Waals surface area contributed by atoms with E-state index in [4.69, 9.17) is 0 Å². The quantitative estimate of drug-likeness (QED) is 0.435. The molecule has 0 saturated heterocycles. The van der Waals surface area contributed by atoms with Crippen LogP contribution in [0.15, 0.2) is 36.5 Å². The number of halogens is 2. The number of rotatable bonds is 0. The average molecular weight is 396 g/mol. The van der Waals surface area contributed by atoms with Gasteiger partial charge in [0.15, 0.2) is 0 Å². The van der Waals surface area contributed by atoms with Crippen LogP contribution in [-0.4, -0.2) is 4.26 Å². The van der Waals surface area contributed by atoms with Crippen molar-refractivity contribution < 1.29 is 23.9 Å². The monoisotopic (exact) mass is 396 g/mol. The molecule has 0 spiro atoms. The molecule has 0 atom stereocenters. The summed E-state index contributed by atoms with van der Waals surface area (Å²) in [4.78, 5) is 0. The van der Waals surface area contributed by atoms with Crippen LogP contribution in [-0.2, 0) is 23.9 Å². The molecule has 0 saturated carbocycles. The molecule has 0 aromatic carbocycles. The van der Waals surface area contributed by atoms with E-state index in [9.17, 15) is 0 Å². The Morgan fingerprint density at radius 3 is 1.29 bits per heavy atom. The first-order valence-electron chi connectivity index (χ1n) is 3.79. The predicted octanol–water partition coefficient (Wildman–Crippen LogP) is 3.42. The normalized spacial score (nSPS) is 13.0. The van der Waals surface area contributed by atoms with Crippen LogP contribution in [0.5, 0.6) is 0 Å². The molecule has 2 aliphatic rings. The van der Waals surface area contributed by atoms with Crippen molar-refractivity contribution in [3.05, 3.63) is 48.6 Å². The van der Waals surface area contributed by atoms with Crippen molar-refractivity contribution in [3.63, 3.8) is 0 Å². The Bertz CT molecular complexity index is 163. The van der Waals surface area contributed by atoms with Crippen LogP contribution in [0.3, 0.4) is 0 Å². The van der Waals surface area contributed by atoms with E-state index in [0.717, 1.165) is 36.7 Å². The van der Waals surface area contributed by atoms with Gasteiger partial charge in [0.05, 0.1) is 0 Å². The second-order valence-corrected chi connectivity index (χ2v) is 2.01. The zero-order valence-corrected chi connectivity index (χ0v) is 13.1. The van der Waals surface area contributed by atoms with Crippen LogP contribution in [0.1, 0.15) is 12.8 Å². The third-order valence-corrected chi connectivity index (χ3v) is 1.17. The molecule has 14 heavy (non-hydrogen) atoms. The Balaban J connectivity index is -0.000000131. The fraction of sp³-hybridized carbons (Fsp3) is 0.182. The molecule has 0 radical (unpaired) electrons. The molecule has 0 bridgehead atoms. The molecule has 2 rings (SSSR count). The van der Waals surface area contributed by atoms with Gasteiger partial charge in [-0.3, -0.25) is 12.2 Å². The maximum atomic E-state index is 3.39. The molecule has 0 N–H and O–H groups in total. The number of hydrogen-bond donors (Lipinski definition) is 0. The Kier molecular flexibility index (Phi) is 26.8. The van der Waals surface area contributed by atoms with Gasteiger partial charge in [-0.2, -0.15) is 12.2 Å². The van der Waals surface area contributed by atoms with Crippen LogP contribution in [0.4, 0.5) is 0 Å². The molecule has 0 nitrogen and oxygen atoms in total. The van der Waals surface area contributed by atoms with Gasteiger partial charge in [0, 0.05) is 0 Å². The summed E-state index contributed by atoms with van der Waals surface area (Å²) >= 11 is 1.06. The summed E-state index contributed by atoms with van der Waals surface area (Å²) in [6.07, 6.45) is 20.0. The summed E-state index contributed by atoms with van der Waals surface area (Å²) in [5.41, 5.74) is 0. The molecule has 0 fully saturated rings. The van der Waals surface area contributed by atoms with Crippen LogP contribution < -0.4 is 0 Å². The predicted molar refractivity (Wildman–Crippen MR) is 64.8 cm³/mol. The zero-order valence-electron chi connectivity index (χ0n) is 7.90. The molecular formula is C11H14Cl2Hf. The van der Waals surface area contributed by atoms with Crippen molar-refractivity contribution in [1.29, 1.82) is 0 Å². The summed E-state index contributed by atoms with van der Waals surface area (Å²) in [6.45, 7) is 0. The second-order valence-electron chi connectivity index (χ2n) is 2.01. The van der Waals surface area contributed by atoms with Gasteiger partial charge in [-0.25, -0.2) is 24.3 Å². The third-order valence-electron chi connectivity index (χ3n) is 1.17. The Morgan fingerprint density at radius 2 is 1.21 bits per heavy atom. The van der Waals surface area contributed by atoms with Crippen molar-refractivity contribution in [3.8, 4) is 0 Å². The van der Waals surface area contributed by atoms with Gasteiger partial charge >= 0.3 is 28.2 Å². The summed E-state index contributed by atoms with van der Waals surface area (Å²) in [5.74, 6) is 0. The van der Waals surface area contributed by atoms with Crippen LogP contribution in [0, 0.1) is 12.2 Å². The summed E-state index contributed by atoms with van der Waals surface area (Å²) in [6, 6.07) is 0. The molecule has 0 aromatic heterocycles. The molecule has 0 amide bonds. The first-order chi connectivity index (χ1) is 6.00. The molecule has 0 aliphatic heterocycles. The SMILES string of the molecule is Cl.Cl.[C-]1=CC=CC1.[C-]1=CC=CC1.[CH2]=[Hf+2]. The minimum atomic E-state index is 0. The van der Waals surface area contributed by atoms with E-state index in [1.54, 1.807) is 0 Å². The minimum absolute atomic E-state index is 0. The first-order valence-corrected chi connectivity index (χ1v) is 6.33. The number of allylic oxidation sites excluding steroid dienone is 8. The Labute approximate surface area is 114 Å². The summed E-state index contributed by atoms with van der Waals surface area (Å²) < 4.78 is 3.39. The van der Waals surface area contributed by atoms with Crippen LogP contribution in [0.2, 0.25) is 0 Å². The van der Waals surface area contributed by atoms with E-state index in [1.807, 2.05) is 24.3 Å². The fourth-order valence-corrected chi connectivity index (χ4v) is 0.680. The average Bonchev–Trinajstić information content (AvgIpc) is 2.87. The van der Waals surface area contributed by atoms with Crippen LogP contribution in [0.25, 0.3) is 0 Å². The van der Waals surface area contributed by atoms with E-state index >= 15 is 0 Å². The van der Waals surface area contributed by atoms with Gasteiger partial charge in [0.25, 0.3) is 0 Å². The third kappa shape index (κ3) is 14.8. The van der Waals surface area contributed by atoms with Crippen molar-refractivity contribution >= 4 is 29.1 Å². The van der Waals surface area contributed by atoms with Gasteiger partial charge in [-0.15, -0.1) is 37.7 Å². The zero-order chi connectivity index (χ0) is 9.07. The van der Waals surface area contributed by atoms with E-state index in [-0.39, 0.29) is 24.8 Å². The summed E-state index contributed by atoms with van der Waals surface area (Å²) in [7, 11) is 0. The topological polar surface area (TPSA) is 0 Å². The van der Waals surface area contributed by atoms with E-state index < -0.39 is 0 Å². The maximum absolute atomic E-state index is 3.39. The van der Waals surface area contributed by atoms with Crippen molar-refractivity contribution in [2.24, 2.45) is 0 Å². The second kappa shape index (κ2) is 19.0. The molecule has 2 aliphatic carbocycles. The van der Waals surface area contributed by atoms with Crippen molar-refractivity contribution in [2.45, 2.75) is 12.8 Å². The molecule has 0 aromatic rings. The van der Waals surface area contributed by atoms with E-state index in [2.05, 4.69) is 28.6 Å². The Morgan fingerprint density at radius 1 is 0.857 bits per heavy atom. The van der Waals surface area contributed by atoms with Gasteiger partial charge in [0.2, 0.25) is 0 Å².